The van der Waals surface area contributed by atoms with E-state index in [9.17, 15) is 9.59 Å². The third-order valence-electron chi connectivity index (χ3n) is 5.97. The predicted octanol–water partition coefficient (Wildman–Crippen LogP) is 3.73. The van der Waals surface area contributed by atoms with Crippen LogP contribution in [-0.4, -0.2) is 57.8 Å². The van der Waals surface area contributed by atoms with E-state index in [4.69, 9.17) is 4.74 Å². The van der Waals surface area contributed by atoms with Crippen molar-refractivity contribution in [3.8, 4) is 5.75 Å². The number of piperazine rings is 1. The Labute approximate surface area is 195 Å². The number of amides is 2. The summed E-state index contributed by atoms with van der Waals surface area (Å²) in [6.07, 6.45) is 2.42. The Balaban J connectivity index is 1.40. The topological polar surface area (TPSA) is 78.5 Å². The van der Waals surface area contributed by atoms with Crippen LogP contribution in [0.3, 0.4) is 0 Å². The average Bonchev–Trinajstić information content (AvgIpc) is 3.50. The molecule has 168 valence electrons. The first-order chi connectivity index (χ1) is 16.1. The molecule has 0 aliphatic carbocycles. The van der Waals surface area contributed by atoms with Crippen molar-refractivity contribution in [2.75, 3.05) is 20.2 Å². The van der Waals surface area contributed by atoms with Crippen molar-refractivity contribution in [2.24, 2.45) is 0 Å². The number of aromatic nitrogens is 2. The summed E-state index contributed by atoms with van der Waals surface area (Å²) >= 11 is 1.54. The molecular formula is C25H24N4O3S. The number of H-pyrrole nitrogens is 1. The van der Waals surface area contributed by atoms with Gasteiger partial charge in [0.15, 0.2) is 0 Å². The van der Waals surface area contributed by atoms with Crippen LogP contribution < -0.4 is 4.74 Å². The van der Waals surface area contributed by atoms with Gasteiger partial charge in [0.2, 0.25) is 5.91 Å². The standard InChI is InChI=1S/C25H24N4O3S/c1-32-20-7-8-21-18(12-20)13-22(27-21)25(31)28-14-19(11-17-5-3-2-4-6-17)29(24(30)16-28)15-23-26-9-10-33-23/h2-10,12-13,19,27H,11,14-16H2,1H3/t19-/m0/s1. The Morgan fingerprint density at radius 3 is 2.82 bits per heavy atom. The first-order valence-corrected chi connectivity index (χ1v) is 11.7. The lowest BCUT2D eigenvalue weighted by molar-refractivity contribution is -0.139. The number of rotatable bonds is 6. The highest BCUT2D eigenvalue weighted by atomic mass is 32.1. The van der Waals surface area contributed by atoms with Gasteiger partial charge in [-0.05, 0) is 36.2 Å². The second-order valence-corrected chi connectivity index (χ2v) is 9.09. The van der Waals surface area contributed by atoms with Gasteiger partial charge in [-0.1, -0.05) is 30.3 Å². The highest BCUT2D eigenvalue weighted by molar-refractivity contribution is 7.09. The minimum absolute atomic E-state index is 0.0498. The maximum absolute atomic E-state index is 13.4. The molecule has 1 fully saturated rings. The number of methoxy groups -OCH3 is 1. The maximum Gasteiger partial charge on any atom is 0.270 e. The normalized spacial score (nSPS) is 16.4. The summed E-state index contributed by atoms with van der Waals surface area (Å²) in [6, 6.07) is 17.4. The van der Waals surface area contributed by atoms with Gasteiger partial charge < -0.3 is 19.5 Å². The smallest absolute Gasteiger partial charge is 0.270 e. The predicted molar refractivity (Wildman–Crippen MR) is 127 cm³/mol. The van der Waals surface area contributed by atoms with Crippen molar-refractivity contribution in [1.29, 1.82) is 0 Å². The van der Waals surface area contributed by atoms with E-state index in [0.717, 1.165) is 27.2 Å². The monoisotopic (exact) mass is 460 g/mol. The van der Waals surface area contributed by atoms with Crippen molar-refractivity contribution in [2.45, 2.75) is 19.0 Å². The molecule has 33 heavy (non-hydrogen) atoms. The van der Waals surface area contributed by atoms with E-state index in [2.05, 4.69) is 22.1 Å². The molecule has 3 heterocycles. The Morgan fingerprint density at radius 1 is 1.21 bits per heavy atom. The van der Waals surface area contributed by atoms with Crippen molar-refractivity contribution in [3.63, 3.8) is 0 Å². The first kappa shape index (κ1) is 21.2. The fraction of sp³-hybridized carbons (Fsp3) is 0.240. The summed E-state index contributed by atoms with van der Waals surface area (Å²) in [7, 11) is 1.61. The number of nitrogens with one attached hydrogen (secondary N) is 1. The van der Waals surface area contributed by atoms with Crippen molar-refractivity contribution in [3.05, 3.63) is 82.4 Å². The van der Waals surface area contributed by atoms with Gasteiger partial charge in [0.25, 0.3) is 5.91 Å². The summed E-state index contributed by atoms with van der Waals surface area (Å²) in [5.74, 6) is 0.489. The van der Waals surface area contributed by atoms with E-state index in [1.54, 1.807) is 18.2 Å². The summed E-state index contributed by atoms with van der Waals surface area (Å²) in [5.41, 5.74) is 2.46. The number of aromatic amines is 1. The molecular weight excluding hydrogens is 436 g/mol. The maximum atomic E-state index is 13.4. The van der Waals surface area contributed by atoms with Gasteiger partial charge in [-0.3, -0.25) is 9.59 Å². The quantitative estimate of drug-likeness (QED) is 0.476. The average molecular weight is 461 g/mol. The number of nitrogens with zero attached hydrogens (tertiary/aromatic N) is 3. The molecule has 1 aliphatic rings. The van der Waals surface area contributed by atoms with Crippen LogP contribution in [0.2, 0.25) is 0 Å². The molecule has 0 spiro atoms. The van der Waals surface area contributed by atoms with Crippen LogP contribution >= 0.6 is 11.3 Å². The molecule has 8 heteroatoms. The Bertz CT molecular complexity index is 1270. The molecule has 1 N–H and O–H groups in total. The minimum atomic E-state index is -0.175. The molecule has 1 aliphatic heterocycles. The molecule has 2 aromatic carbocycles. The van der Waals surface area contributed by atoms with Gasteiger partial charge in [-0.15, -0.1) is 11.3 Å². The molecule has 7 nitrogen and oxygen atoms in total. The molecule has 5 rings (SSSR count). The number of fused-ring (bicyclic) bond motifs is 1. The lowest BCUT2D eigenvalue weighted by Gasteiger charge is -2.40. The summed E-state index contributed by atoms with van der Waals surface area (Å²) in [5, 5.41) is 3.70. The van der Waals surface area contributed by atoms with Crippen molar-refractivity contribution < 1.29 is 14.3 Å². The zero-order chi connectivity index (χ0) is 22.8. The Morgan fingerprint density at radius 2 is 2.06 bits per heavy atom. The number of hydrogen-bond donors (Lipinski definition) is 1. The Hall–Kier alpha value is -3.65. The van der Waals surface area contributed by atoms with Gasteiger partial charge in [0.1, 0.15) is 23.0 Å². The summed E-state index contributed by atoms with van der Waals surface area (Å²) in [4.78, 5) is 37.6. The number of carbonyl (C=O) groups is 2. The fourth-order valence-corrected chi connectivity index (χ4v) is 4.92. The minimum Gasteiger partial charge on any atom is -0.497 e. The molecule has 1 atom stereocenters. The van der Waals surface area contributed by atoms with Crippen LogP contribution in [0.25, 0.3) is 10.9 Å². The third-order valence-corrected chi connectivity index (χ3v) is 6.73. The van der Waals surface area contributed by atoms with E-state index < -0.39 is 0 Å². The fourth-order valence-electron chi connectivity index (χ4n) is 4.31. The summed E-state index contributed by atoms with van der Waals surface area (Å²) in [6.45, 7) is 0.972. The lowest BCUT2D eigenvalue weighted by atomic mass is 10.0. The highest BCUT2D eigenvalue weighted by Gasteiger charge is 2.35. The highest BCUT2D eigenvalue weighted by Crippen LogP contribution is 2.24. The number of benzene rings is 2. The number of hydrogen-bond acceptors (Lipinski definition) is 5. The molecule has 2 amide bonds. The van der Waals surface area contributed by atoms with Gasteiger partial charge >= 0.3 is 0 Å². The van der Waals surface area contributed by atoms with Crippen LogP contribution in [0, 0.1) is 0 Å². The van der Waals surface area contributed by atoms with Crippen LogP contribution in [0.15, 0.2) is 66.2 Å². The largest absolute Gasteiger partial charge is 0.497 e. The zero-order valence-electron chi connectivity index (χ0n) is 18.2. The zero-order valence-corrected chi connectivity index (χ0v) is 19.0. The lowest BCUT2D eigenvalue weighted by Crippen LogP contribution is -2.58. The molecule has 0 saturated carbocycles. The van der Waals surface area contributed by atoms with Gasteiger partial charge in [0, 0.05) is 29.0 Å². The van der Waals surface area contributed by atoms with Crippen LogP contribution in [0.4, 0.5) is 0 Å². The second-order valence-electron chi connectivity index (χ2n) is 8.11. The first-order valence-electron chi connectivity index (χ1n) is 10.8. The van der Waals surface area contributed by atoms with Crippen LogP contribution in [-0.2, 0) is 17.8 Å². The molecule has 1 saturated heterocycles. The summed E-state index contributed by atoms with van der Waals surface area (Å²) < 4.78 is 5.28. The van der Waals surface area contributed by atoms with Gasteiger partial charge in [0.05, 0.1) is 19.7 Å². The Kier molecular flexibility index (Phi) is 5.83. The van der Waals surface area contributed by atoms with Crippen molar-refractivity contribution in [1.82, 2.24) is 19.8 Å². The van der Waals surface area contributed by atoms with Gasteiger partial charge in [-0.25, -0.2) is 4.98 Å². The number of thiazole rings is 1. The molecule has 0 unspecified atom stereocenters. The van der Waals surface area contributed by atoms with E-state index in [0.29, 0.717) is 25.2 Å². The second kappa shape index (κ2) is 9.07. The molecule has 2 aromatic heterocycles. The number of carbonyl (C=O) groups excluding carboxylic acids is 2. The third kappa shape index (κ3) is 4.47. The number of ether oxygens (including phenoxy) is 1. The van der Waals surface area contributed by atoms with Crippen molar-refractivity contribution >= 4 is 34.1 Å². The van der Waals surface area contributed by atoms with E-state index in [-0.39, 0.29) is 24.4 Å². The van der Waals surface area contributed by atoms with E-state index >= 15 is 0 Å². The molecule has 0 bridgehead atoms. The SMILES string of the molecule is COc1ccc2[nH]c(C(=O)N3CC(=O)N(Cc4nccs4)[C@@H](Cc4ccccc4)C3)cc2c1. The van der Waals surface area contributed by atoms with Crippen LogP contribution in [0.5, 0.6) is 5.75 Å². The van der Waals surface area contributed by atoms with Crippen LogP contribution in [0.1, 0.15) is 21.1 Å². The molecule has 4 aromatic rings. The van der Waals surface area contributed by atoms with E-state index in [1.807, 2.05) is 52.7 Å². The van der Waals surface area contributed by atoms with E-state index in [1.165, 1.54) is 11.3 Å². The van der Waals surface area contributed by atoms with Gasteiger partial charge in [-0.2, -0.15) is 0 Å². The molecule has 0 radical (unpaired) electrons.